The Labute approximate surface area is 127 Å². The SMILES string of the molecule is COc1cc(CS(=O)(=O)O)ccc1-c1cn2cccnc2n1. The van der Waals surface area contributed by atoms with Gasteiger partial charge in [0.25, 0.3) is 10.1 Å². The zero-order valence-electron chi connectivity index (χ0n) is 11.7. The summed E-state index contributed by atoms with van der Waals surface area (Å²) >= 11 is 0. The van der Waals surface area contributed by atoms with Crippen LogP contribution in [0.2, 0.25) is 0 Å². The maximum atomic E-state index is 11.0. The Morgan fingerprint density at radius 2 is 2.18 bits per heavy atom. The number of fused-ring (bicyclic) bond motifs is 1. The maximum absolute atomic E-state index is 11.0. The van der Waals surface area contributed by atoms with Crippen molar-refractivity contribution in [2.45, 2.75) is 5.75 Å². The second-order valence-electron chi connectivity index (χ2n) is 4.71. The number of imidazole rings is 1. The average Bonchev–Trinajstić information content (AvgIpc) is 2.89. The van der Waals surface area contributed by atoms with Crippen molar-refractivity contribution in [2.75, 3.05) is 7.11 Å². The van der Waals surface area contributed by atoms with Gasteiger partial charge in [-0.2, -0.15) is 8.42 Å². The molecule has 0 aliphatic rings. The van der Waals surface area contributed by atoms with Gasteiger partial charge in [-0.25, -0.2) is 9.97 Å². The van der Waals surface area contributed by atoms with Crippen LogP contribution in [-0.4, -0.2) is 34.4 Å². The molecule has 0 atom stereocenters. The molecule has 0 aliphatic carbocycles. The summed E-state index contributed by atoms with van der Waals surface area (Å²) < 4.78 is 37.9. The highest BCUT2D eigenvalue weighted by Gasteiger charge is 2.13. The first-order valence-electron chi connectivity index (χ1n) is 6.38. The molecule has 0 amide bonds. The van der Waals surface area contributed by atoms with Gasteiger partial charge in [0, 0.05) is 24.2 Å². The maximum Gasteiger partial charge on any atom is 0.269 e. The number of hydrogen-bond donors (Lipinski definition) is 1. The molecule has 0 radical (unpaired) electrons. The summed E-state index contributed by atoms with van der Waals surface area (Å²) in [7, 11) is -2.60. The molecule has 1 aromatic carbocycles. The van der Waals surface area contributed by atoms with Crippen molar-refractivity contribution in [2.24, 2.45) is 0 Å². The van der Waals surface area contributed by atoms with Crippen LogP contribution in [0.4, 0.5) is 0 Å². The molecule has 2 heterocycles. The highest BCUT2D eigenvalue weighted by molar-refractivity contribution is 7.85. The fraction of sp³-hybridized carbons (Fsp3) is 0.143. The first-order valence-corrected chi connectivity index (χ1v) is 7.99. The quantitative estimate of drug-likeness (QED) is 0.737. The number of nitrogens with zero attached hydrogens (tertiary/aromatic N) is 3. The predicted octanol–water partition coefficient (Wildman–Crippen LogP) is 1.79. The molecule has 0 unspecified atom stereocenters. The van der Waals surface area contributed by atoms with Gasteiger partial charge in [-0.1, -0.05) is 6.07 Å². The van der Waals surface area contributed by atoms with Crippen LogP contribution in [0.25, 0.3) is 17.0 Å². The number of benzene rings is 1. The normalized spacial score (nSPS) is 11.7. The van der Waals surface area contributed by atoms with Crippen molar-refractivity contribution in [3.05, 3.63) is 48.4 Å². The van der Waals surface area contributed by atoms with Crippen molar-refractivity contribution in [1.29, 1.82) is 0 Å². The standard InChI is InChI=1S/C14H13N3O4S/c1-21-13-7-10(9-22(18,19)20)3-4-11(13)12-8-17-6-2-5-15-14(17)16-12/h2-8H,9H2,1H3,(H,18,19,20). The summed E-state index contributed by atoms with van der Waals surface area (Å²) in [6.07, 6.45) is 5.29. The van der Waals surface area contributed by atoms with E-state index in [-0.39, 0.29) is 0 Å². The third kappa shape index (κ3) is 2.92. The van der Waals surface area contributed by atoms with E-state index in [0.29, 0.717) is 28.3 Å². The summed E-state index contributed by atoms with van der Waals surface area (Å²) in [5.41, 5.74) is 1.81. The molecular formula is C14H13N3O4S. The molecule has 0 bridgehead atoms. The molecule has 114 valence electrons. The van der Waals surface area contributed by atoms with Crippen molar-refractivity contribution in [3.8, 4) is 17.0 Å². The van der Waals surface area contributed by atoms with Crippen molar-refractivity contribution < 1.29 is 17.7 Å². The van der Waals surface area contributed by atoms with Crippen molar-refractivity contribution >= 4 is 15.9 Å². The summed E-state index contributed by atoms with van der Waals surface area (Å²) in [6.45, 7) is 0. The Hall–Kier alpha value is -2.45. The van der Waals surface area contributed by atoms with E-state index >= 15 is 0 Å². The van der Waals surface area contributed by atoms with Gasteiger partial charge in [-0.05, 0) is 23.8 Å². The van der Waals surface area contributed by atoms with Gasteiger partial charge < -0.3 is 4.74 Å². The van der Waals surface area contributed by atoms with Crippen LogP contribution in [0.1, 0.15) is 5.56 Å². The third-order valence-electron chi connectivity index (χ3n) is 3.13. The molecule has 8 heteroatoms. The molecule has 7 nitrogen and oxygen atoms in total. The molecule has 0 fully saturated rings. The van der Waals surface area contributed by atoms with Crippen LogP contribution in [0.15, 0.2) is 42.9 Å². The first-order chi connectivity index (χ1) is 10.5. The lowest BCUT2D eigenvalue weighted by Gasteiger charge is -2.08. The molecule has 3 aromatic rings. The fourth-order valence-corrected chi connectivity index (χ4v) is 2.81. The van der Waals surface area contributed by atoms with Crippen LogP contribution in [-0.2, 0) is 15.9 Å². The molecule has 2 aromatic heterocycles. The number of methoxy groups -OCH3 is 1. The highest BCUT2D eigenvalue weighted by Crippen LogP contribution is 2.30. The molecular weight excluding hydrogens is 306 g/mol. The summed E-state index contributed by atoms with van der Waals surface area (Å²) in [5.74, 6) is 0.572. The van der Waals surface area contributed by atoms with Crippen molar-refractivity contribution in [3.63, 3.8) is 0 Å². The smallest absolute Gasteiger partial charge is 0.269 e. The Balaban J connectivity index is 2.06. The first kappa shape index (κ1) is 14.5. The van der Waals surface area contributed by atoms with Gasteiger partial charge in [-0.3, -0.25) is 8.95 Å². The molecule has 0 spiro atoms. The van der Waals surface area contributed by atoms with Crippen molar-refractivity contribution in [1.82, 2.24) is 14.4 Å². The van der Waals surface area contributed by atoms with Crippen LogP contribution in [0.5, 0.6) is 5.75 Å². The molecule has 0 saturated heterocycles. The summed E-state index contributed by atoms with van der Waals surface area (Å²) in [4.78, 5) is 8.55. The van der Waals surface area contributed by atoms with Crippen LogP contribution in [0.3, 0.4) is 0 Å². The Morgan fingerprint density at radius 3 is 2.86 bits per heavy atom. The largest absolute Gasteiger partial charge is 0.496 e. The van der Waals surface area contributed by atoms with Crippen LogP contribution >= 0.6 is 0 Å². The predicted molar refractivity (Wildman–Crippen MR) is 80.2 cm³/mol. The number of ether oxygens (including phenoxy) is 1. The second-order valence-corrected chi connectivity index (χ2v) is 6.17. The Bertz CT molecular complexity index is 901. The number of hydrogen-bond acceptors (Lipinski definition) is 5. The Kier molecular flexibility index (Phi) is 3.55. The fourth-order valence-electron chi connectivity index (χ4n) is 2.21. The molecule has 22 heavy (non-hydrogen) atoms. The Morgan fingerprint density at radius 1 is 1.36 bits per heavy atom. The molecule has 0 aliphatic heterocycles. The topological polar surface area (TPSA) is 93.8 Å². The van der Waals surface area contributed by atoms with Gasteiger partial charge in [0.1, 0.15) is 11.5 Å². The minimum Gasteiger partial charge on any atom is -0.496 e. The summed E-state index contributed by atoms with van der Waals surface area (Å²) in [5, 5.41) is 0. The van der Waals surface area contributed by atoms with Crippen LogP contribution in [0, 0.1) is 0 Å². The monoisotopic (exact) mass is 319 g/mol. The lowest BCUT2D eigenvalue weighted by atomic mass is 10.1. The minimum atomic E-state index is -4.09. The second kappa shape index (κ2) is 5.39. The van der Waals surface area contributed by atoms with E-state index in [2.05, 4.69) is 9.97 Å². The number of rotatable bonds is 4. The third-order valence-corrected chi connectivity index (χ3v) is 3.82. The molecule has 3 rings (SSSR count). The number of aromatic nitrogens is 3. The van der Waals surface area contributed by atoms with Gasteiger partial charge in [0.2, 0.25) is 5.78 Å². The van der Waals surface area contributed by atoms with E-state index < -0.39 is 15.9 Å². The van der Waals surface area contributed by atoms with E-state index in [9.17, 15) is 8.42 Å². The van der Waals surface area contributed by atoms with E-state index in [0.717, 1.165) is 0 Å². The average molecular weight is 319 g/mol. The minimum absolute atomic E-state index is 0.435. The van der Waals surface area contributed by atoms with E-state index in [1.165, 1.54) is 7.11 Å². The zero-order chi connectivity index (χ0) is 15.7. The van der Waals surface area contributed by atoms with E-state index in [1.807, 2.05) is 12.4 Å². The van der Waals surface area contributed by atoms with Crippen LogP contribution < -0.4 is 4.74 Å². The van der Waals surface area contributed by atoms with Gasteiger partial charge >= 0.3 is 0 Å². The lowest BCUT2D eigenvalue weighted by Crippen LogP contribution is -2.02. The lowest BCUT2D eigenvalue weighted by molar-refractivity contribution is 0.416. The van der Waals surface area contributed by atoms with Gasteiger partial charge in [-0.15, -0.1) is 0 Å². The summed E-state index contributed by atoms with van der Waals surface area (Å²) in [6, 6.07) is 6.69. The van der Waals surface area contributed by atoms with E-state index in [4.69, 9.17) is 9.29 Å². The van der Waals surface area contributed by atoms with Gasteiger partial charge in [0.05, 0.1) is 12.8 Å². The molecule has 0 saturated carbocycles. The van der Waals surface area contributed by atoms with Gasteiger partial charge in [0.15, 0.2) is 0 Å². The molecule has 1 N–H and O–H groups in total. The zero-order valence-corrected chi connectivity index (χ0v) is 12.5. The van der Waals surface area contributed by atoms with E-state index in [1.54, 1.807) is 34.9 Å². The highest BCUT2D eigenvalue weighted by atomic mass is 32.2.